The van der Waals surface area contributed by atoms with Crippen LogP contribution < -0.4 is 5.32 Å². The highest BCUT2D eigenvalue weighted by Crippen LogP contribution is 2.28. The molecule has 0 bridgehead atoms. The Kier molecular flexibility index (Phi) is 5.97. The molecule has 1 heterocycles. The van der Waals surface area contributed by atoms with Gasteiger partial charge in [0.1, 0.15) is 12.1 Å². The van der Waals surface area contributed by atoms with Crippen LogP contribution in [0, 0.1) is 0 Å². The molecular formula is C24H26N2O5. The molecule has 0 spiro atoms. The molecule has 0 saturated carbocycles. The lowest BCUT2D eigenvalue weighted by Crippen LogP contribution is -2.41. The molecular weight excluding hydrogens is 396 g/mol. The van der Waals surface area contributed by atoms with Crippen LogP contribution in [0.4, 0.5) is 4.79 Å². The van der Waals surface area contributed by atoms with E-state index in [4.69, 9.17) is 4.74 Å². The van der Waals surface area contributed by atoms with Crippen molar-refractivity contribution in [3.8, 4) is 0 Å². The minimum atomic E-state index is -1.26. The van der Waals surface area contributed by atoms with Crippen LogP contribution in [-0.2, 0) is 25.3 Å². The normalized spacial score (nSPS) is 18.6. The SMILES string of the molecule is CC(C)(C)c1ccc(C(=O)COC(=O)CN2C(=O)N[C@](C)(c3ccccc3)C2=O)cc1. The highest BCUT2D eigenvalue weighted by Gasteiger charge is 2.49. The summed E-state index contributed by atoms with van der Waals surface area (Å²) in [6.07, 6.45) is 0. The molecule has 0 radical (unpaired) electrons. The second-order valence-electron chi connectivity index (χ2n) is 8.72. The van der Waals surface area contributed by atoms with Crippen molar-refractivity contribution < 1.29 is 23.9 Å². The quantitative estimate of drug-likeness (QED) is 0.438. The Labute approximate surface area is 181 Å². The van der Waals surface area contributed by atoms with Crippen molar-refractivity contribution >= 4 is 23.7 Å². The van der Waals surface area contributed by atoms with Crippen molar-refractivity contribution in [2.24, 2.45) is 0 Å². The van der Waals surface area contributed by atoms with Crippen LogP contribution in [0.3, 0.4) is 0 Å². The third-order valence-corrected chi connectivity index (χ3v) is 5.35. The maximum absolute atomic E-state index is 12.8. The number of ether oxygens (including phenoxy) is 1. The van der Waals surface area contributed by atoms with Gasteiger partial charge < -0.3 is 10.1 Å². The Hall–Kier alpha value is -3.48. The molecule has 2 aromatic carbocycles. The number of Topliss-reactive ketones (excluding diaryl/α,β-unsaturated/α-hetero) is 1. The van der Waals surface area contributed by atoms with Crippen molar-refractivity contribution in [2.75, 3.05) is 13.2 Å². The molecule has 31 heavy (non-hydrogen) atoms. The van der Waals surface area contributed by atoms with E-state index in [1.54, 1.807) is 49.4 Å². The van der Waals surface area contributed by atoms with E-state index in [1.807, 2.05) is 12.1 Å². The topological polar surface area (TPSA) is 92.8 Å². The van der Waals surface area contributed by atoms with E-state index in [0.29, 0.717) is 11.1 Å². The van der Waals surface area contributed by atoms with Crippen molar-refractivity contribution in [1.29, 1.82) is 0 Å². The molecule has 1 saturated heterocycles. The minimum absolute atomic E-state index is 0.0366. The summed E-state index contributed by atoms with van der Waals surface area (Å²) in [4.78, 5) is 50.5. The highest BCUT2D eigenvalue weighted by molar-refractivity contribution is 6.09. The van der Waals surface area contributed by atoms with Gasteiger partial charge in [-0.2, -0.15) is 0 Å². The number of hydrogen-bond donors (Lipinski definition) is 1. The number of carbonyl (C=O) groups excluding carboxylic acids is 4. The summed E-state index contributed by atoms with van der Waals surface area (Å²) in [6.45, 7) is 6.77. The fourth-order valence-corrected chi connectivity index (χ4v) is 3.37. The van der Waals surface area contributed by atoms with Crippen LogP contribution in [0.15, 0.2) is 54.6 Å². The maximum atomic E-state index is 12.8. The molecule has 162 valence electrons. The molecule has 7 heteroatoms. The third-order valence-electron chi connectivity index (χ3n) is 5.35. The van der Waals surface area contributed by atoms with Gasteiger partial charge in [0.25, 0.3) is 5.91 Å². The number of hydrogen-bond acceptors (Lipinski definition) is 5. The Morgan fingerprint density at radius 2 is 1.61 bits per heavy atom. The summed E-state index contributed by atoms with van der Waals surface area (Å²) in [5.41, 5.74) is 0.820. The fraction of sp³-hybridized carbons (Fsp3) is 0.333. The molecule has 1 aliphatic heterocycles. The van der Waals surface area contributed by atoms with Crippen LogP contribution in [0.1, 0.15) is 49.2 Å². The third kappa shape index (κ3) is 4.66. The van der Waals surface area contributed by atoms with Crippen molar-refractivity contribution in [3.05, 3.63) is 71.3 Å². The molecule has 0 unspecified atom stereocenters. The zero-order chi connectivity index (χ0) is 22.8. The first-order chi connectivity index (χ1) is 14.5. The number of nitrogens with one attached hydrogen (secondary N) is 1. The number of benzene rings is 2. The summed E-state index contributed by atoms with van der Waals surface area (Å²) < 4.78 is 5.03. The lowest BCUT2D eigenvalue weighted by Gasteiger charge is -2.21. The predicted octanol–water partition coefficient (Wildman–Crippen LogP) is 3.18. The summed E-state index contributed by atoms with van der Waals surface area (Å²) in [5, 5.41) is 2.62. The summed E-state index contributed by atoms with van der Waals surface area (Å²) in [6, 6.07) is 15.2. The standard InChI is InChI=1S/C24H26N2O5/c1-23(2,3)17-12-10-16(11-13-17)19(27)15-31-20(28)14-26-21(29)24(4,25-22(26)30)18-8-6-5-7-9-18/h5-13H,14-15H2,1-4H3,(H,25,30)/t24-/m1/s1. The van der Waals surface area contributed by atoms with Crippen LogP contribution in [0.2, 0.25) is 0 Å². The molecule has 3 rings (SSSR count). The smallest absolute Gasteiger partial charge is 0.326 e. The van der Waals surface area contributed by atoms with E-state index in [-0.39, 0.29) is 11.2 Å². The molecule has 3 amide bonds. The van der Waals surface area contributed by atoms with Gasteiger partial charge in [-0.3, -0.25) is 19.3 Å². The number of esters is 1. The fourth-order valence-electron chi connectivity index (χ4n) is 3.37. The molecule has 2 aromatic rings. The zero-order valence-corrected chi connectivity index (χ0v) is 18.1. The average molecular weight is 422 g/mol. The molecule has 1 atom stereocenters. The Morgan fingerprint density at radius 3 is 2.19 bits per heavy atom. The van der Waals surface area contributed by atoms with E-state index in [0.717, 1.165) is 10.5 Å². The molecule has 0 aromatic heterocycles. The van der Waals surface area contributed by atoms with Gasteiger partial charge in [0, 0.05) is 5.56 Å². The van der Waals surface area contributed by atoms with Gasteiger partial charge in [0.15, 0.2) is 12.4 Å². The van der Waals surface area contributed by atoms with Gasteiger partial charge in [-0.25, -0.2) is 4.79 Å². The van der Waals surface area contributed by atoms with E-state index in [1.165, 1.54) is 0 Å². The van der Waals surface area contributed by atoms with E-state index >= 15 is 0 Å². The largest absolute Gasteiger partial charge is 0.456 e. The van der Waals surface area contributed by atoms with Gasteiger partial charge >= 0.3 is 12.0 Å². The summed E-state index contributed by atoms with van der Waals surface area (Å²) in [5.74, 6) is -1.75. The number of urea groups is 1. The van der Waals surface area contributed by atoms with Crippen LogP contribution in [0.5, 0.6) is 0 Å². The Bertz CT molecular complexity index is 1010. The number of rotatable bonds is 6. The predicted molar refractivity (Wildman–Crippen MR) is 114 cm³/mol. The van der Waals surface area contributed by atoms with Crippen LogP contribution in [0.25, 0.3) is 0 Å². The average Bonchev–Trinajstić information content (AvgIpc) is 2.96. The van der Waals surface area contributed by atoms with Crippen molar-refractivity contribution in [3.63, 3.8) is 0 Å². The number of imide groups is 1. The van der Waals surface area contributed by atoms with Gasteiger partial charge in [-0.05, 0) is 23.5 Å². The summed E-state index contributed by atoms with van der Waals surface area (Å²) >= 11 is 0. The molecule has 1 fully saturated rings. The summed E-state index contributed by atoms with van der Waals surface area (Å²) in [7, 11) is 0. The highest BCUT2D eigenvalue weighted by atomic mass is 16.5. The molecule has 0 aliphatic carbocycles. The molecule has 1 N–H and O–H groups in total. The molecule has 7 nitrogen and oxygen atoms in total. The number of ketones is 1. The van der Waals surface area contributed by atoms with E-state index < -0.39 is 36.6 Å². The monoisotopic (exact) mass is 422 g/mol. The number of carbonyl (C=O) groups is 4. The lowest BCUT2D eigenvalue weighted by molar-refractivity contribution is -0.146. The number of nitrogens with zero attached hydrogens (tertiary/aromatic N) is 1. The van der Waals surface area contributed by atoms with Gasteiger partial charge in [-0.1, -0.05) is 75.4 Å². The first-order valence-corrected chi connectivity index (χ1v) is 10.0. The first-order valence-electron chi connectivity index (χ1n) is 10.0. The maximum Gasteiger partial charge on any atom is 0.326 e. The van der Waals surface area contributed by atoms with E-state index in [9.17, 15) is 19.2 Å². The Morgan fingerprint density at radius 1 is 1.00 bits per heavy atom. The second-order valence-corrected chi connectivity index (χ2v) is 8.72. The van der Waals surface area contributed by atoms with Crippen molar-refractivity contribution in [2.45, 2.75) is 38.6 Å². The minimum Gasteiger partial charge on any atom is -0.456 e. The number of amides is 3. The van der Waals surface area contributed by atoms with Crippen LogP contribution >= 0.6 is 0 Å². The Balaban J connectivity index is 1.59. The van der Waals surface area contributed by atoms with Gasteiger partial charge in [0.05, 0.1) is 0 Å². The van der Waals surface area contributed by atoms with Crippen molar-refractivity contribution in [1.82, 2.24) is 10.2 Å². The lowest BCUT2D eigenvalue weighted by atomic mass is 9.86. The first kappa shape index (κ1) is 22.2. The van der Waals surface area contributed by atoms with Crippen LogP contribution in [-0.4, -0.2) is 41.7 Å². The second kappa shape index (κ2) is 8.34. The zero-order valence-electron chi connectivity index (χ0n) is 18.1. The van der Waals surface area contributed by atoms with Gasteiger partial charge in [-0.15, -0.1) is 0 Å². The van der Waals surface area contributed by atoms with Gasteiger partial charge in [0.2, 0.25) is 0 Å². The van der Waals surface area contributed by atoms with E-state index in [2.05, 4.69) is 26.1 Å². The molecule has 1 aliphatic rings.